The lowest BCUT2D eigenvalue weighted by Crippen LogP contribution is -2.67. The first-order valence-electron chi connectivity index (χ1n) is 14.1. The first-order chi connectivity index (χ1) is 21.3. The molecule has 0 amide bonds. The summed E-state index contributed by atoms with van der Waals surface area (Å²) in [4.78, 5) is 0. The van der Waals surface area contributed by atoms with E-state index in [0.717, 1.165) is 0 Å². The summed E-state index contributed by atoms with van der Waals surface area (Å²) in [7, 11) is 0. The summed E-state index contributed by atoms with van der Waals surface area (Å²) >= 11 is 0. The maximum atomic E-state index is 11.0. The third-order valence-corrected chi connectivity index (χ3v) is 8.21. The van der Waals surface area contributed by atoms with Crippen LogP contribution in [0.15, 0.2) is 0 Å². The van der Waals surface area contributed by atoms with E-state index in [4.69, 9.17) is 33.2 Å². The molecule has 0 aromatic rings. The molecule has 0 radical (unpaired) electrons. The van der Waals surface area contributed by atoms with Crippen molar-refractivity contribution < 1.29 is 105 Å². The van der Waals surface area contributed by atoms with Crippen LogP contribution >= 0.6 is 0 Å². The maximum Gasteiger partial charge on any atom is 0.187 e. The Balaban J connectivity index is 1.53. The molecule has 0 spiro atoms. The quantitative estimate of drug-likeness (QED) is 0.103. The van der Waals surface area contributed by atoms with Crippen molar-refractivity contribution in [2.24, 2.45) is 0 Å². The molecule has 20 atom stereocenters. The SMILES string of the molecule is OC[C@H]1O[C@H](O[C@H]2[C@H](O)[C@@H](O)[C@@H](O[C@H]3[C@H](O)[C@@H](O)C(O)O[C@@H]3CO)O[C@@H]2CO)[C@H](OC2O[C@H](CO)[C@@H](O)[C@H](O)[C@H]2O)[C@@H](O)[C@@H]1O. The van der Waals surface area contributed by atoms with Crippen LogP contribution in [0.3, 0.4) is 0 Å². The minimum Gasteiger partial charge on any atom is -0.394 e. The summed E-state index contributed by atoms with van der Waals surface area (Å²) in [5, 5.41) is 142. The van der Waals surface area contributed by atoms with E-state index in [1.807, 2.05) is 0 Å². The van der Waals surface area contributed by atoms with Crippen LogP contribution in [0.4, 0.5) is 0 Å². The molecule has 0 aromatic carbocycles. The van der Waals surface area contributed by atoms with Crippen molar-refractivity contribution in [3.63, 3.8) is 0 Å². The van der Waals surface area contributed by atoms with E-state index in [1.165, 1.54) is 0 Å². The van der Waals surface area contributed by atoms with Gasteiger partial charge in [-0.25, -0.2) is 0 Å². The molecule has 2 unspecified atom stereocenters. The number of hydrogen-bond donors (Lipinski definition) is 14. The van der Waals surface area contributed by atoms with Gasteiger partial charge in [-0.3, -0.25) is 0 Å². The summed E-state index contributed by atoms with van der Waals surface area (Å²) in [6.07, 6.45) is -35.8. The van der Waals surface area contributed by atoms with Crippen molar-refractivity contribution in [3.05, 3.63) is 0 Å². The zero-order chi connectivity index (χ0) is 33.3. The Labute approximate surface area is 254 Å². The van der Waals surface area contributed by atoms with Crippen LogP contribution in [0.2, 0.25) is 0 Å². The standard InChI is InChI=1S/C24H42O21/c25-1-5-9(29)11(31)16(36)22(40-5)45-20-12(32)10(30)6(2-26)41-24(20)44-19-8(4-28)42-23(17(37)14(19)34)43-18-7(3-27)39-21(38)15(35)13(18)33/h5-38H,1-4H2/t5-,6-,7-,8-,9-,10-,11+,12+,13-,14-,15-,16-,17-,18-,19-,20-,21?,22?,23-,24-/m1/s1. The molecule has 0 aliphatic carbocycles. The van der Waals surface area contributed by atoms with Crippen LogP contribution in [0.5, 0.6) is 0 Å². The molecular weight excluding hydrogens is 624 g/mol. The minimum absolute atomic E-state index is 0.818. The molecule has 21 heteroatoms. The van der Waals surface area contributed by atoms with Gasteiger partial charge < -0.3 is 105 Å². The van der Waals surface area contributed by atoms with Gasteiger partial charge in [-0.15, -0.1) is 0 Å². The number of ether oxygens (including phenoxy) is 7. The van der Waals surface area contributed by atoms with Crippen LogP contribution in [0.25, 0.3) is 0 Å². The topological polar surface area (TPSA) is 348 Å². The van der Waals surface area contributed by atoms with Crippen LogP contribution in [0, 0.1) is 0 Å². The summed E-state index contributed by atoms with van der Waals surface area (Å²) in [6, 6.07) is 0. The van der Waals surface area contributed by atoms with Crippen molar-refractivity contribution in [1.29, 1.82) is 0 Å². The largest absolute Gasteiger partial charge is 0.394 e. The van der Waals surface area contributed by atoms with Gasteiger partial charge in [0.2, 0.25) is 0 Å². The predicted octanol–water partition coefficient (Wildman–Crippen LogP) is -9.75. The lowest BCUT2D eigenvalue weighted by Gasteiger charge is -2.49. The molecule has 0 saturated carbocycles. The van der Waals surface area contributed by atoms with E-state index in [2.05, 4.69) is 0 Å². The molecule has 0 aromatic heterocycles. The second kappa shape index (κ2) is 15.6. The van der Waals surface area contributed by atoms with E-state index in [-0.39, 0.29) is 0 Å². The fourth-order valence-electron chi connectivity index (χ4n) is 5.52. The fraction of sp³-hybridized carbons (Fsp3) is 1.00. The number of aliphatic hydroxyl groups is 14. The highest BCUT2D eigenvalue weighted by atomic mass is 16.8. The molecule has 21 nitrogen and oxygen atoms in total. The third kappa shape index (κ3) is 7.44. The van der Waals surface area contributed by atoms with Gasteiger partial charge in [0, 0.05) is 0 Å². The molecule has 4 rings (SSSR count). The van der Waals surface area contributed by atoms with Crippen LogP contribution < -0.4 is 0 Å². The molecular formula is C24H42O21. The smallest absolute Gasteiger partial charge is 0.187 e. The zero-order valence-corrected chi connectivity index (χ0v) is 23.5. The Bertz CT molecular complexity index is 912. The van der Waals surface area contributed by atoms with Crippen LogP contribution in [-0.2, 0) is 33.2 Å². The van der Waals surface area contributed by atoms with Gasteiger partial charge in [-0.05, 0) is 0 Å². The van der Waals surface area contributed by atoms with Gasteiger partial charge in [0.1, 0.15) is 97.7 Å². The van der Waals surface area contributed by atoms with Crippen LogP contribution in [0.1, 0.15) is 0 Å². The second-order valence-corrected chi connectivity index (χ2v) is 11.1. The maximum absolute atomic E-state index is 11.0. The van der Waals surface area contributed by atoms with E-state index >= 15 is 0 Å². The van der Waals surface area contributed by atoms with Gasteiger partial charge in [0.15, 0.2) is 25.2 Å². The normalized spacial score (nSPS) is 52.9. The van der Waals surface area contributed by atoms with E-state index in [1.54, 1.807) is 0 Å². The molecule has 14 N–H and O–H groups in total. The van der Waals surface area contributed by atoms with Gasteiger partial charge >= 0.3 is 0 Å². The molecule has 4 fully saturated rings. The van der Waals surface area contributed by atoms with Crippen molar-refractivity contribution in [1.82, 2.24) is 0 Å². The Kier molecular flexibility index (Phi) is 12.8. The van der Waals surface area contributed by atoms with E-state index in [9.17, 15) is 71.5 Å². The van der Waals surface area contributed by atoms with Gasteiger partial charge in [0.05, 0.1) is 26.4 Å². The fourth-order valence-corrected chi connectivity index (χ4v) is 5.52. The predicted molar refractivity (Wildman–Crippen MR) is 134 cm³/mol. The summed E-state index contributed by atoms with van der Waals surface area (Å²) in [5.41, 5.74) is 0. The molecule has 264 valence electrons. The van der Waals surface area contributed by atoms with Crippen LogP contribution in [-0.4, -0.2) is 221 Å². The highest BCUT2D eigenvalue weighted by molar-refractivity contribution is 4.97. The lowest BCUT2D eigenvalue weighted by atomic mass is 9.95. The molecule has 4 heterocycles. The number of aliphatic hydroxyl groups excluding tert-OH is 14. The van der Waals surface area contributed by atoms with E-state index in [0.29, 0.717) is 0 Å². The Hall–Kier alpha value is -0.840. The number of hydrogen-bond acceptors (Lipinski definition) is 21. The van der Waals surface area contributed by atoms with E-state index < -0.39 is 149 Å². The first-order valence-corrected chi connectivity index (χ1v) is 14.1. The average molecular weight is 667 g/mol. The Morgan fingerprint density at radius 2 is 0.689 bits per heavy atom. The highest BCUT2D eigenvalue weighted by Crippen LogP contribution is 2.34. The third-order valence-electron chi connectivity index (χ3n) is 8.21. The average Bonchev–Trinajstić information content (AvgIpc) is 3.03. The molecule has 4 aliphatic rings. The van der Waals surface area contributed by atoms with Crippen molar-refractivity contribution in [2.45, 2.75) is 123 Å². The summed E-state index contributed by atoms with van der Waals surface area (Å²) in [6.45, 7) is -3.43. The van der Waals surface area contributed by atoms with Gasteiger partial charge in [-0.1, -0.05) is 0 Å². The lowest BCUT2D eigenvalue weighted by molar-refractivity contribution is -0.394. The second-order valence-electron chi connectivity index (χ2n) is 11.1. The molecule has 4 aliphatic heterocycles. The number of rotatable bonds is 10. The molecule has 4 saturated heterocycles. The van der Waals surface area contributed by atoms with Gasteiger partial charge in [0.25, 0.3) is 0 Å². The highest BCUT2D eigenvalue weighted by Gasteiger charge is 2.55. The Morgan fingerprint density at radius 3 is 1.22 bits per heavy atom. The Morgan fingerprint density at radius 1 is 0.333 bits per heavy atom. The monoisotopic (exact) mass is 666 g/mol. The first kappa shape index (κ1) is 37.0. The van der Waals surface area contributed by atoms with Crippen molar-refractivity contribution >= 4 is 0 Å². The zero-order valence-electron chi connectivity index (χ0n) is 23.5. The van der Waals surface area contributed by atoms with Gasteiger partial charge in [-0.2, -0.15) is 0 Å². The summed E-state index contributed by atoms with van der Waals surface area (Å²) in [5.74, 6) is 0. The minimum atomic E-state index is -2.04. The molecule has 0 bridgehead atoms. The molecule has 45 heavy (non-hydrogen) atoms. The summed E-state index contributed by atoms with van der Waals surface area (Å²) < 4.78 is 38.1. The van der Waals surface area contributed by atoms with Crippen molar-refractivity contribution in [3.8, 4) is 0 Å². The van der Waals surface area contributed by atoms with Crippen molar-refractivity contribution in [2.75, 3.05) is 26.4 Å².